The molecule has 1 aromatic carbocycles. The molecule has 0 bridgehead atoms. The van der Waals surface area contributed by atoms with E-state index in [1.165, 1.54) is 6.92 Å². The average molecular weight is 229 g/mol. The maximum absolute atomic E-state index is 11.1. The first-order chi connectivity index (χ1) is 8.19. The number of nitrogens with zero attached hydrogens (tertiary/aromatic N) is 1. The number of Topliss-reactive ketones (excluding diaryl/α,β-unsaturated/α-hetero) is 1. The van der Waals surface area contributed by atoms with E-state index < -0.39 is 0 Å². The van der Waals surface area contributed by atoms with Crippen LogP contribution in [-0.2, 0) is 9.53 Å². The van der Waals surface area contributed by atoms with Gasteiger partial charge in [0.15, 0.2) is 5.78 Å². The molecule has 0 radical (unpaired) electrons. The number of ether oxygens (including phenoxy) is 2. The summed E-state index contributed by atoms with van der Waals surface area (Å²) in [4.78, 5) is 11.1. The van der Waals surface area contributed by atoms with E-state index in [0.717, 1.165) is 5.56 Å². The lowest BCUT2D eigenvalue weighted by Crippen LogP contribution is -1.98. The number of nitriles is 1. The molecule has 86 valence electrons. The number of ketones is 1. The molecular weight excluding hydrogens is 218 g/mol. The highest BCUT2D eigenvalue weighted by Crippen LogP contribution is 2.21. The van der Waals surface area contributed by atoms with E-state index in [0.29, 0.717) is 12.4 Å². The van der Waals surface area contributed by atoms with Gasteiger partial charge < -0.3 is 9.47 Å². The van der Waals surface area contributed by atoms with Crippen LogP contribution < -0.4 is 4.74 Å². The highest BCUT2D eigenvalue weighted by Gasteiger charge is 2.24. The first kappa shape index (κ1) is 11.4. The summed E-state index contributed by atoms with van der Waals surface area (Å²) in [5.74, 6) is 0.423. The molecule has 1 atom stereocenters. The fourth-order valence-electron chi connectivity index (χ4n) is 1.32. The fraction of sp³-hybridized carbons (Fsp3) is 0.231. The van der Waals surface area contributed by atoms with Crippen molar-refractivity contribution >= 4 is 11.9 Å². The van der Waals surface area contributed by atoms with Gasteiger partial charge in [-0.25, -0.2) is 0 Å². The van der Waals surface area contributed by atoms with Crippen molar-refractivity contribution in [2.75, 3.05) is 6.61 Å². The Hall–Kier alpha value is -2.12. The summed E-state index contributed by atoms with van der Waals surface area (Å²) < 4.78 is 10.4. The van der Waals surface area contributed by atoms with E-state index in [9.17, 15) is 4.79 Å². The van der Waals surface area contributed by atoms with Crippen molar-refractivity contribution < 1.29 is 14.3 Å². The molecular formula is C13H11NO3. The van der Waals surface area contributed by atoms with E-state index in [-0.39, 0.29) is 17.6 Å². The van der Waals surface area contributed by atoms with Gasteiger partial charge in [0.2, 0.25) is 6.29 Å². The minimum Gasteiger partial charge on any atom is -0.462 e. The molecule has 0 aliphatic carbocycles. The molecule has 1 fully saturated rings. The van der Waals surface area contributed by atoms with Gasteiger partial charge in [0, 0.05) is 0 Å². The van der Waals surface area contributed by atoms with Crippen LogP contribution in [0.3, 0.4) is 0 Å². The van der Waals surface area contributed by atoms with E-state index in [4.69, 9.17) is 14.7 Å². The second-order valence-electron chi connectivity index (χ2n) is 3.68. The number of carbonyl (C=O) groups is 1. The molecule has 0 N–H and O–H groups in total. The minimum atomic E-state index is -0.246. The van der Waals surface area contributed by atoms with Gasteiger partial charge in [-0.05, 0) is 30.7 Å². The number of hydrogen-bond donors (Lipinski definition) is 0. The molecule has 1 heterocycles. The van der Waals surface area contributed by atoms with Gasteiger partial charge in [0.05, 0.1) is 5.57 Å². The molecule has 1 aliphatic rings. The average Bonchev–Trinajstić information content (AvgIpc) is 3.10. The summed E-state index contributed by atoms with van der Waals surface area (Å²) >= 11 is 0. The van der Waals surface area contributed by atoms with Crippen molar-refractivity contribution in [3.05, 3.63) is 35.4 Å². The van der Waals surface area contributed by atoms with Crippen LogP contribution in [-0.4, -0.2) is 18.7 Å². The van der Waals surface area contributed by atoms with Crippen LogP contribution in [0.15, 0.2) is 29.8 Å². The van der Waals surface area contributed by atoms with Gasteiger partial charge in [-0.2, -0.15) is 5.26 Å². The minimum absolute atomic E-state index is 0.129. The number of hydrogen-bond acceptors (Lipinski definition) is 4. The Labute approximate surface area is 99.1 Å². The second kappa shape index (κ2) is 4.81. The third-order valence-electron chi connectivity index (χ3n) is 2.24. The fourth-order valence-corrected chi connectivity index (χ4v) is 1.32. The molecule has 0 saturated carbocycles. The molecule has 0 spiro atoms. The number of carbonyl (C=O) groups excluding carboxylic acids is 1. The zero-order chi connectivity index (χ0) is 12.3. The maximum Gasteiger partial charge on any atom is 0.223 e. The lowest BCUT2D eigenvalue weighted by molar-refractivity contribution is -0.113. The molecule has 1 saturated heterocycles. The summed E-state index contributed by atoms with van der Waals surface area (Å²) in [6, 6.07) is 9.05. The van der Waals surface area contributed by atoms with Gasteiger partial charge in [0.25, 0.3) is 0 Å². The zero-order valence-corrected chi connectivity index (χ0v) is 9.34. The summed E-state index contributed by atoms with van der Waals surface area (Å²) in [6.07, 6.45) is 1.39. The van der Waals surface area contributed by atoms with Gasteiger partial charge in [-0.3, -0.25) is 4.79 Å². The van der Waals surface area contributed by atoms with Gasteiger partial charge >= 0.3 is 0 Å². The molecule has 0 amide bonds. The first-order valence-electron chi connectivity index (χ1n) is 5.20. The molecule has 4 heteroatoms. The lowest BCUT2D eigenvalue weighted by atomic mass is 10.1. The largest absolute Gasteiger partial charge is 0.462 e. The van der Waals surface area contributed by atoms with Crippen LogP contribution in [0.1, 0.15) is 12.5 Å². The van der Waals surface area contributed by atoms with Gasteiger partial charge in [0.1, 0.15) is 18.4 Å². The number of rotatable bonds is 4. The molecule has 1 aromatic rings. The van der Waals surface area contributed by atoms with Crippen LogP contribution in [0, 0.1) is 11.3 Å². The van der Waals surface area contributed by atoms with Crippen molar-refractivity contribution in [3.63, 3.8) is 0 Å². The van der Waals surface area contributed by atoms with Gasteiger partial charge in [-0.15, -0.1) is 0 Å². The molecule has 1 unspecified atom stereocenters. The topological polar surface area (TPSA) is 62.6 Å². The third kappa shape index (κ3) is 3.16. The van der Waals surface area contributed by atoms with E-state index in [1.54, 1.807) is 30.3 Å². The summed E-state index contributed by atoms with van der Waals surface area (Å²) in [5.41, 5.74) is 0.889. The number of allylic oxidation sites excluding steroid dienone is 1. The molecule has 2 rings (SSSR count). The summed E-state index contributed by atoms with van der Waals surface area (Å²) in [5, 5.41) is 8.79. The molecule has 4 nitrogen and oxygen atoms in total. The lowest BCUT2D eigenvalue weighted by Gasteiger charge is -2.03. The van der Waals surface area contributed by atoms with Crippen molar-refractivity contribution in [1.82, 2.24) is 0 Å². The van der Waals surface area contributed by atoms with E-state index in [1.807, 2.05) is 6.07 Å². The van der Waals surface area contributed by atoms with Crippen LogP contribution in [0.25, 0.3) is 6.08 Å². The maximum atomic E-state index is 11.1. The van der Waals surface area contributed by atoms with Crippen LogP contribution in [0.4, 0.5) is 0 Å². The van der Waals surface area contributed by atoms with Crippen LogP contribution in [0.2, 0.25) is 0 Å². The standard InChI is InChI=1S/C13H11NO3/c1-9(15)11(7-14)5-10-3-2-4-12(6-10)17-13-8-16-13/h2-6,13H,8H2,1H3/b11-5-. The van der Waals surface area contributed by atoms with Crippen molar-refractivity contribution in [3.8, 4) is 11.8 Å². The van der Waals surface area contributed by atoms with Crippen molar-refractivity contribution in [1.29, 1.82) is 5.26 Å². The van der Waals surface area contributed by atoms with Crippen molar-refractivity contribution in [2.45, 2.75) is 13.2 Å². The smallest absolute Gasteiger partial charge is 0.223 e. The Morgan fingerprint density at radius 2 is 2.41 bits per heavy atom. The SMILES string of the molecule is CC(=O)/C(C#N)=C\c1cccc(OC2CO2)c1. The normalized spacial score (nSPS) is 18.4. The predicted molar refractivity (Wildman–Crippen MR) is 61.1 cm³/mol. The molecule has 1 aliphatic heterocycles. The van der Waals surface area contributed by atoms with Crippen molar-refractivity contribution in [2.24, 2.45) is 0 Å². The predicted octanol–water partition coefficient (Wildman–Crippen LogP) is 1.92. The highest BCUT2D eigenvalue weighted by atomic mass is 16.8. The second-order valence-corrected chi connectivity index (χ2v) is 3.68. The number of benzene rings is 1. The Morgan fingerprint density at radius 3 is 3.00 bits per heavy atom. The monoisotopic (exact) mass is 229 g/mol. The Bertz CT molecular complexity index is 510. The van der Waals surface area contributed by atoms with E-state index in [2.05, 4.69) is 0 Å². The molecule has 0 aromatic heterocycles. The molecule has 17 heavy (non-hydrogen) atoms. The van der Waals surface area contributed by atoms with Gasteiger partial charge in [-0.1, -0.05) is 12.1 Å². The third-order valence-corrected chi connectivity index (χ3v) is 2.24. The Balaban J connectivity index is 2.20. The zero-order valence-electron chi connectivity index (χ0n) is 9.34. The van der Waals surface area contributed by atoms with Crippen LogP contribution in [0.5, 0.6) is 5.75 Å². The Kier molecular flexibility index (Phi) is 3.22. The van der Waals surface area contributed by atoms with Crippen LogP contribution >= 0.6 is 0 Å². The first-order valence-corrected chi connectivity index (χ1v) is 5.20. The van der Waals surface area contributed by atoms with E-state index >= 15 is 0 Å². The number of epoxide rings is 1. The Morgan fingerprint density at radius 1 is 1.65 bits per heavy atom. The summed E-state index contributed by atoms with van der Waals surface area (Å²) in [7, 11) is 0. The highest BCUT2D eigenvalue weighted by molar-refractivity contribution is 6.01. The quantitative estimate of drug-likeness (QED) is 0.449. The summed E-state index contributed by atoms with van der Waals surface area (Å²) in [6.45, 7) is 1.98.